The summed E-state index contributed by atoms with van der Waals surface area (Å²) in [7, 11) is -3.51. The quantitative estimate of drug-likeness (QED) is 0.640. The molecule has 0 aliphatic heterocycles. The summed E-state index contributed by atoms with van der Waals surface area (Å²) in [5.74, 6) is 0. The van der Waals surface area contributed by atoms with Crippen molar-refractivity contribution in [1.29, 1.82) is 0 Å². The van der Waals surface area contributed by atoms with E-state index in [9.17, 15) is 8.42 Å². The molecule has 1 rings (SSSR count). The fourth-order valence-corrected chi connectivity index (χ4v) is 2.64. The predicted molar refractivity (Wildman–Crippen MR) is 72.3 cm³/mol. The highest BCUT2D eigenvalue weighted by Gasteiger charge is 2.16. The van der Waals surface area contributed by atoms with Crippen LogP contribution >= 0.6 is 0 Å². The Labute approximate surface area is 114 Å². The lowest BCUT2D eigenvalue weighted by Crippen LogP contribution is -2.34. The molecule has 1 aromatic heterocycles. The molecule has 1 aromatic rings. The van der Waals surface area contributed by atoms with Crippen molar-refractivity contribution in [3.05, 3.63) is 12.4 Å². The molecule has 0 atom stereocenters. The first kappa shape index (κ1) is 16.1. The fraction of sp³-hybridized carbons (Fsp3) is 0.727. The van der Waals surface area contributed by atoms with Crippen molar-refractivity contribution in [2.45, 2.75) is 25.3 Å². The molecule has 0 fully saturated rings. The topological polar surface area (TPSA) is 87.5 Å². The molecular formula is C11H22N4O3S. The van der Waals surface area contributed by atoms with Crippen molar-refractivity contribution in [2.75, 3.05) is 32.8 Å². The van der Waals surface area contributed by atoms with Gasteiger partial charge in [-0.05, 0) is 13.1 Å². The second kappa shape index (κ2) is 7.59. The number of aliphatic hydroxyl groups excluding tert-OH is 1. The van der Waals surface area contributed by atoms with Crippen LogP contribution in [0.2, 0.25) is 0 Å². The van der Waals surface area contributed by atoms with Gasteiger partial charge in [-0.3, -0.25) is 4.68 Å². The number of rotatable bonds is 9. The van der Waals surface area contributed by atoms with Crippen LogP contribution in [0.3, 0.4) is 0 Å². The lowest BCUT2D eigenvalue weighted by Gasteiger charge is -2.17. The molecule has 0 saturated heterocycles. The third kappa shape index (κ3) is 4.90. The standard InChI is InChI=1S/C11H22N4O3S/c1-3-14(4-2)6-5-13-19(17,18)11-9-12-15(10-11)7-8-16/h9-10,13,16H,3-8H2,1-2H3. The molecule has 7 nitrogen and oxygen atoms in total. The summed E-state index contributed by atoms with van der Waals surface area (Å²) in [4.78, 5) is 2.26. The van der Waals surface area contributed by atoms with Gasteiger partial charge in [0, 0.05) is 19.3 Å². The SMILES string of the molecule is CCN(CC)CCNS(=O)(=O)c1cnn(CCO)c1. The molecule has 110 valence electrons. The van der Waals surface area contributed by atoms with Gasteiger partial charge in [0.2, 0.25) is 10.0 Å². The van der Waals surface area contributed by atoms with Crippen LogP contribution in [0.1, 0.15) is 13.8 Å². The van der Waals surface area contributed by atoms with Crippen molar-refractivity contribution < 1.29 is 13.5 Å². The van der Waals surface area contributed by atoms with Gasteiger partial charge >= 0.3 is 0 Å². The lowest BCUT2D eigenvalue weighted by molar-refractivity contribution is 0.269. The predicted octanol–water partition coefficient (Wildman–Crippen LogP) is -0.504. The van der Waals surface area contributed by atoms with E-state index < -0.39 is 10.0 Å². The van der Waals surface area contributed by atoms with E-state index in [2.05, 4.69) is 14.7 Å². The maximum absolute atomic E-state index is 12.0. The molecule has 0 amide bonds. The number of sulfonamides is 1. The molecule has 0 saturated carbocycles. The first-order chi connectivity index (χ1) is 9.03. The van der Waals surface area contributed by atoms with E-state index in [1.165, 1.54) is 17.1 Å². The van der Waals surface area contributed by atoms with Gasteiger partial charge in [0.15, 0.2) is 0 Å². The summed E-state index contributed by atoms with van der Waals surface area (Å²) in [6.07, 6.45) is 2.70. The summed E-state index contributed by atoms with van der Waals surface area (Å²) >= 11 is 0. The van der Waals surface area contributed by atoms with Crippen LogP contribution < -0.4 is 4.72 Å². The smallest absolute Gasteiger partial charge is 0.243 e. The third-order valence-electron chi connectivity index (χ3n) is 2.86. The Balaban J connectivity index is 2.55. The molecule has 0 radical (unpaired) electrons. The Morgan fingerprint density at radius 3 is 2.68 bits per heavy atom. The van der Waals surface area contributed by atoms with E-state index in [0.717, 1.165) is 13.1 Å². The van der Waals surface area contributed by atoms with Gasteiger partial charge in [-0.15, -0.1) is 0 Å². The van der Waals surface area contributed by atoms with Gasteiger partial charge < -0.3 is 10.0 Å². The van der Waals surface area contributed by atoms with E-state index in [4.69, 9.17) is 5.11 Å². The number of aromatic nitrogens is 2. The van der Waals surface area contributed by atoms with Crippen LogP contribution in [0, 0.1) is 0 Å². The molecule has 0 aliphatic rings. The van der Waals surface area contributed by atoms with Gasteiger partial charge in [0.1, 0.15) is 4.90 Å². The minimum Gasteiger partial charge on any atom is -0.394 e. The van der Waals surface area contributed by atoms with E-state index in [-0.39, 0.29) is 18.0 Å². The number of aliphatic hydroxyl groups is 1. The first-order valence-corrected chi connectivity index (χ1v) is 7.87. The molecule has 0 unspecified atom stereocenters. The highest BCUT2D eigenvalue weighted by atomic mass is 32.2. The van der Waals surface area contributed by atoms with Crippen molar-refractivity contribution >= 4 is 10.0 Å². The van der Waals surface area contributed by atoms with Crippen LogP contribution in [-0.4, -0.2) is 61.0 Å². The van der Waals surface area contributed by atoms with Crippen LogP contribution in [0.5, 0.6) is 0 Å². The van der Waals surface area contributed by atoms with Gasteiger partial charge in [-0.25, -0.2) is 13.1 Å². The zero-order valence-electron chi connectivity index (χ0n) is 11.4. The molecule has 0 aliphatic carbocycles. The Hall–Kier alpha value is -0.960. The average Bonchev–Trinajstić information content (AvgIpc) is 2.84. The Morgan fingerprint density at radius 1 is 1.42 bits per heavy atom. The number of nitrogens with zero attached hydrogens (tertiary/aromatic N) is 3. The first-order valence-electron chi connectivity index (χ1n) is 6.38. The van der Waals surface area contributed by atoms with Gasteiger partial charge in [-0.2, -0.15) is 5.10 Å². The molecule has 8 heteroatoms. The van der Waals surface area contributed by atoms with Gasteiger partial charge in [0.25, 0.3) is 0 Å². The molecule has 19 heavy (non-hydrogen) atoms. The zero-order valence-corrected chi connectivity index (χ0v) is 12.2. The fourth-order valence-electron chi connectivity index (χ4n) is 1.67. The number of hydrogen-bond donors (Lipinski definition) is 2. The Kier molecular flexibility index (Phi) is 6.43. The molecule has 0 bridgehead atoms. The zero-order chi connectivity index (χ0) is 14.3. The summed E-state index contributed by atoms with van der Waals surface area (Å²) in [5.41, 5.74) is 0. The second-order valence-electron chi connectivity index (χ2n) is 4.09. The van der Waals surface area contributed by atoms with Crippen LogP contribution in [0.25, 0.3) is 0 Å². The van der Waals surface area contributed by atoms with Crippen LogP contribution in [-0.2, 0) is 16.6 Å². The van der Waals surface area contributed by atoms with Crippen molar-refractivity contribution in [3.8, 4) is 0 Å². The minimum absolute atomic E-state index is 0.0729. The van der Waals surface area contributed by atoms with Crippen molar-refractivity contribution in [3.63, 3.8) is 0 Å². The van der Waals surface area contributed by atoms with Crippen molar-refractivity contribution in [2.24, 2.45) is 0 Å². The van der Waals surface area contributed by atoms with Gasteiger partial charge in [-0.1, -0.05) is 13.8 Å². The normalized spacial score (nSPS) is 12.2. The molecule has 2 N–H and O–H groups in total. The lowest BCUT2D eigenvalue weighted by atomic mass is 10.5. The summed E-state index contributed by atoms with van der Waals surface area (Å²) in [5, 5.41) is 12.6. The molecule has 1 heterocycles. The van der Waals surface area contributed by atoms with E-state index in [1.807, 2.05) is 13.8 Å². The highest BCUT2D eigenvalue weighted by molar-refractivity contribution is 7.89. The van der Waals surface area contributed by atoms with Crippen LogP contribution in [0.4, 0.5) is 0 Å². The molecular weight excluding hydrogens is 268 g/mol. The number of hydrogen-bond acceptors (Lipinski definition) is 5. The van der Waals surface area contributed by atoms with Gasteiger partial charge in [0.05, 0.1) is 19.3 Å². The maximum Gasteiger partial charge on any atom is 0.243 e. The minimum atomic E-state index is -3.51. The molecule has 0 aromatic carbocycles. The Morgan fingerprint density at radius 2 is 2.11 bits per heavy atom. The van der Waals surface area contributed by atoms with E-state index >= 15 is 0 Å². The van der Waals surface area contributed by atoms with E-state index in [1.54, 1.807) is 0 Å². The monoisotopic (exact) mass is 290 g/mol. The highest BCUT2D eigenvalue weighted by Crippen LogP contribution is 2.06. The average molecular weight is 290 g/mol. The van der Waals surface area contributed by atoms with E-state index in [0.29, 0.717) is 13.1 Å². The Bertz CT molecular complexity index is 468. The van der Waals surface area contributed by atoms with Crippen molar-refractivity contribution in [1.82, 2.24) is 19.4 Å². The molecule has 0 spiro atoms. The second-order valence-corrected chi connectivity index (χ2v) is 5.85. The number of nitrogens with one attached hydrogen (secondary N) is 1. The summed E-state index contributed by atoms with van der Waals surface area (Å²) in [6, 6.07) is 0. The van der Waals surface area contributed by atoms with Crippen LogP contribution in [0.15, 0.2) is 17.3 Å². The summed E-state index contributed by atoms with van der Waals surface area (Å²) < 4.78 is 27.9. The number of likely N-dealkylation sites (N-methyl/N-ethyl adjacent to an activating group) is 1. The third-order valence-corrected chi connectivity index (χ3v) is 4.28. The largest absolute Gasteiger partial charge is 0.394 e. The summed E-state index contributed by atoms with van der Waals surface area (Å²) in [6.45, 7) is 7.13. The maximum atomic E-state index is 12.0.